The van der Waals surface area contributed by atoms with Crippen LogP contribution in [0.1, 0.15) is 20.8 Å². The first kappa shape index (κ1) is 21.2. The van der Waals surface area contributed by atoms with E-state index < -0.39 is 0 Å². The minimum Gasteiger partial charge on any atom is -0.358 e. The molecular weight excluding hydrogens is 370 g/mol. The van der Waals surface area contributed by atoms with Crippen LogP contribution in [-0.2, 0) is 0 Å². The molecule has 0 aliphatic rings. The Hall–Kier alpha value is -1.82. The van der Waals surface area contributed by atoms with E-state index in [2.05, 4.69) is 68.2 Å². The van der Waals surface area contributed by atoms with Crippen LogP contribution in [0.2, 0.25) is 0 Å². The number of thioether (sulfide) groups is 1. The number of amidine groups is 1. The summed E-state index contributed by atoms with van der Waals surface area (Å²) in [4.78, 5) is 5.70. The number of hydrogen-bond acceptors (Lipinski definition) is 3. The van der Waals surface area contributed by atoms with Gasteiger partial charge in [0.15, 0.2) is 0 Å². The average Bonchev–Trinajstić information content (AvgIpc) is 2.52. The first-order chi connectivity index (χ1) is 11.0. The molecule has 1 rings (SSSR count). The summed E-state index contributed by atoms with van der Waals surface area (Å²) in [7, 11) is 0. The van der Waals surface area contributed by atoms with Gasteiger partial charge in [0, 0.05) is 15.1 Å². The van der Waals surface area contributed by atoms with E-state index in [0.29, 0.717) is 6.54 Å². The van der Waals surface area contributed by atoms with Crippen molar-refractivity contribution in [1.82, 2.24) is 5.32 Å². The van der Waals surface area contributed by atoms with Gasteiger partial charge in [0.1, 0.15) is 11.7 Å². The van der Waals surface area contributed by atoms with Crippen LogP contribution < -0.4 is 10.6 Å². The van der Waals surface area contributed by atoms with Crippen molar-refractivity contribution in [3.05, 3.63) is 34.6 Å². The van der Waals surface area contributed by atoms with E-state index in [4.69, 9.17) is 6.42 Å². The van der Waals surface area contributed by atoms with Gasteiger partial charge >= 0.3 is 0 Å². The van der Waals surface area contributed by atoms with Gasteiger partial charge in [0.2, 0.25) is 0 Å². The van der Waals surface area contributed by atoms with E-state index in [9.17, 15) is 0 Å². The Labute approximate surface area is 152 Å². The molecule has 0 bridgehead atoms. The van der Waals surface area contributed by atoms with Crippen LogP contribution in [0.3, 0.4) is 0 Å². The van der Waals surface area contributed by atoms with Crippen LogP contribution in [0, 0.1) is 24.7 Å². The van der Waals surface area contributed by atoms with Crippen molar-refractivity contribution >= 4 is 39.2 Å². The van der Waals surface area contributed by atoms with Gasteiger partial charge in [-0.2, -0.15) is 0 Å². The lowest BCUT2D eigenvalue weighted by molar-refractivity contribution is 0.895. The SMILES string of the molecule is C#CC.C#CCNC(/N=C(\C)Nc1cccc(SC)c1)=C(/C)Br. The van der Waals surface area contributed by atoms with Crippen LogP contribution >= 0.6 is 27.7 Å². The predicted octanol–water partition coefficient (Wildman–Crippen LogP) is 4.69. The monoisotopic (exact) mass is 391 g/mol. The number of rotatable bonds is 5. The maximum Gasteiger partial charge on any atom is 0.138 e. The van der Waals surface area contributed by atoms with Crippen molar-refractivity contribution < 1.29 is 0 Å². The second-order valence-electron chi connectivity index (χ2n) is 4.28. The minimum absolute atomic E-state index is 0.441. The molecule has 0 aromatic heterocycles. The molecule has 2 N–H and O–H groups in total. The zero-order valence-electron chi connectivity index (χ0n) is 13.9. The van der Waals surface area contributed by atoms with E-state index in [1.807, 2.05) is 26.0 Å². The molecule has 0 radical (unpaired) electrons. The van der Waals surface area contributed by atoms with Gasteiger partial charge in [-0.05, 0) is 45.2 Å². The number of terminal acetylenes is 2. The molecule has 0 atom stereocenters. The van der Waals surface area contributed by atoms with Gasteiger partial charge < -0.3 is 10.6 Å². The Morgan fingerprint density at radius 3 is 2.52 bits per heavy atom. The summed E-state index contributed by atoms with van der Waals surface area (Å²) in [6.45, 7) is 5.93. The quantitative estimate of drug-likeness (QED) is 0.331. The third-order valence-corrected chi connectivity index (χ3v) is 3.46. The zero-order chi connectivity index (χ0) is 17.7. The van der Waals surface area contributed by atoms with Gasteiger partial charge in [-0.3, -0.25) is 0 Å². The van der Waals surface area contributed by atoms with Crippen molar-refractivity contribution in [2.24, 2.45) is 4.99 Å². The zero-order valence-corrected chi connectivity index (χ0v) is 16.3. The number of allylic oxidation sites excluding steroid dienone is 1. The highest BCUT2D eigenvalue weighted by atomic mass is 79.9. The Bertz CT molecular complexity index is 632. The fraction of sp³-hybridized carbons (Fsp3) is 0.278. The van der Waals surface area contributed by atoms with E-state index >= 15 is 0 Å². The number of benzene rings is 1. The van der Waals surface area contributed by atoms with Crippen molar-refractivity contribution in [3.63, 3.8) is 0 Å². The van der Waals surface area contributed by atoms with E-state index in [1.54, 1.807) is 18.7 Å². The minimum atomic E-state index is 0.441. The maximum absolute atomic E-state index is 5.25. The molecular formula is C18H22BrN3S. The molecule has 0 spiro atoms. The fourth-order valence-electron chi connectivity index (χ4n) is 1.48. The third kappa shape index (κ3) is 9.73. The maximum atomic E-state index is 5.25. The predicted molar refractivity (Wildman–Crippen MR) is 108 cm³/mol. The molecule has 0 aliphatic carbocycles. The summed E-state index contributed by atoms with van der Waals surface area (Å²) >= 11 is 5.13. The normalized spacial score (nSPS) is 11.2. The largest absolute Gasteiger partial charge is 0.358 e. The summed E-state index contributed by atoms with van der Waals surface area (Å²) in [6.07, 6.45) is 11.9. The number of hydrogen-bond donors (Lipinski definition) is 2. The summed E-state index contributed by atoms with van der Waals surface area (Å²) in [5, 5.41) is 6.34. The lowest BCUT2D eigenvalue weighted by Gasteiger charge is -2.10. The number of nitrogens with one attached hydrogen (secondary N) is 2. The molecule has 3 nitrogen and oxygen atoms in total. The summed E-state index contributed by atoms with van der Waals surface area (Å²) in [6, 6.07) is 8.19. The number of nitrogens with zero attached hydrogens (tertiary/aromatic N) is 1. The topological polar surface area (TPSA) is 36.4 Å². The molecule has 1 aromatic carbocycles. The Morgan fingerprint density at radius 1 is 1.35 bits per heavy atom. The summed E-state index contributed by atoms with van der Waals surface area (Å²) < 4.78 is 0.909. The highest BCUT2D eigenvalue weighted by molar-refractivity contribution is 9.11. The van der Waals surface area contributed by atoms with Gasteiger partial charge in [0.25, 0.3) is 0 Å². The van der Waals surface area contributed by atoms with Gasteiger partial charge in [-0.1, -0.05) is 27.9 Å². The smallest absolute Gasteiger partial charge is 0.138 e. The molecule has 0 heterocycles. The summed E-state index contributed by atoms with van der Waals surface area (Å²) in [5.74, 6) is 6.31. The summed E-state index contributed by atoms with van der Waals surface area (Å²) in [5.41, 5.74) is 1.02. The highest BCUT2D eigenvalue weighted by Crippen LogP contribution is 2.19. The van der Waals surface area contributed by atoms with Gasteiger partial charge in [0.05, 0.1) is 6.54 Å². The second kappa shape index (κ2) is 12.7. The third-order valence-electron chi connectivity index (χ3n) is 2.36. The van der Waals surface area contributed by atoms with E-state index in [-0.39, 0.29) is 0 Å². The molecule has 0 aliphatic heterocycles. The lowest BCUT2D eigenvalue weighted by atomic mass is 10.3. The highest BCUT2D eigenvalue weighted by Gasteiger charge is 2.00. The molecule has 0 amide bonds. The van der Waals surface area contributed by atoms with Crippen molar-refractivity contribution in [2.45, 2.75) is 25.7 Å². The molecule has 0 unspecified atom stereocenters. The van der Waals surface area contributed by atoms with Gasteiger partial charge in [-0.25, -0.2) is 4.99 Å². The molecule has 23 heavy (non-hydrogen) atoms. The molecule has 0 fully saturated rings. The Balaban J connectivity index is 0.00000149. The Kier molecular flexibility index (Phi) is 11.7. The first-order valence-corrected chi connectivity index (χ1v) is 8.87. The van der Waals surface area contributed by atoms with Gasteiger partial charge in [-0.15, -0.1) is 30.5 Å². The lowest BCUT2D eigenvalue weighted by Crippen LogP contribution is -2.16. The average molecular weight is 392 g/mol. The molecule has 1 aromatic rings. The Morgan fingerprint density at radius 2 is 2.00 bits per heavy atom. The van der Waals surface area contributed by atoms with Crippen molar-refractivity contribution in [3.8, 4) is 24.7 Å². The van der Waals surface area contributed by atoms with E-state index in [0.717, 1.165) is 21.8 Å². The first-order valence-electron chi connectivity index (χ1n) is 6.85. The van der Waals surface area contributed by atoms with Crippen LogP contribution in [0.5, 0.6) is 0 Å². The number of aliphatic imine (C=N–C) groups is 1. The molecule has 0 saturated carbocycles. The number of anilines is 1. The van der Waals surface area contributed by atoms with Crippen LogP contribution in [0.15, 0.2) is 44.5 Å². The second-order valence-corrected chi connectivity index (χ2v) is 6.35. The van der Waals surface area contributed by atoms with Crippen molar-refractivity contribution in [2.75, 3.05) is 18.1 Å². The standard InChI is InChI=1S/C15H18BrN3S.C3H4/c1-5-9-17-15(11(2)16)19-12(3)18-13-7-6-8-14(10-13)20-4;1-3-2/h1,6-8,10,17H,9H2,2-4H3,(H,18,19);1H,2H3/b15-11+;. The molecule has 122 valence electrons. The van der Waals surface area contributed by atoms with Crippen LogP contribution in [0.25, 0.3) is 0 Å². The number of halogens is 1. The van der Waals surface area contributed by atoms with Crippen LogP contribution in [-0.4, -0.2) is 18.6 Å². The molecule has 0 saturated heterocycles. The van der Waals surface area contributed by atoms with Crippen molar-refractivity contribution in [1.29, 1.82) is 0 Å². The fourth-order valence-corrected chi connectivity index (χ4v) is 2.17. The van der Waals surface area contributed by atoms with E-state index in [1.165, 1.54) is 4.90 Å². The molecule has 5 heteroatoms. The van der Waals surface area contributed by atoms with Crippen LogP contribution in [0.4, 0.5) is 5.69 Å².